The summed E-state index contributed by atoms with van der Waals surface area (Å²) in [6.45, 7) is 1.97. The van der Waals surface area contributed by atoms with Gasteiger partial charge >= 0.3 is 0 Å². The van der Waals surface area contributed by atoms with E-state index in [1.165, 1.54) is 0 Å². The molecule has 0 saturated carbocycles. The lowest BCUT2D eigenvalue weighted by Gasteiger charge is -2.14. The summed E-state index contributed by atoms with van der Waals surface area (Å²) in [5.74, 6) is 0.440. The number of phenols is 2. The fraction of sp³-hybridized carbons (Fsp3) is 0.167. The van der Waals surface area contributed by atoms with Gasteiger partial charge in [-0.2, -0.15) is 0 Å². The Balaban J connectivity index is 1.93. The Bertz CT molecular complexity index is 1220. The van der Waals surface area contributed by atoms with E-state index < -0.39 is 10.0 Å². The number of nitrogens with one attached hydrogen (secondary N) is 1. The van der Waals surface area contributed by atoms with Crippen molar-refractivity contribution in [3.05, 3.63) is 88.0 Å². The van der Waals surface area contributed by atoms with Crippen molar-refractivity contribution in [3.8, 4) is 11.5 Å². The van der Waals surface area contributed by atoms with Gasteiger partial charge in [-0.05, 0) is 101 Å². The smallest absolute Gasteiger partial charge is 0.229 e. The first-order chi connectivity index (χ1) is 14.2. The Morgan fingerprint density at radius 2 is 1.43 bits per heavy atom. The third-order valence-electron chi connectivity index (χ3n) is 5.30. The minimum atomic E-state index is -3.38. The molecule has 1 aliphatic carbocycles. The molecule has 0 amide bonds. The van der Waals surface area contributed by atoms with Gasteiger partial charge in [-0.1, -0.05) is 18.2 Å². The monoisotopic (exact) mass is 421 g/mol. The highest BCUT2D eigenvalue weighted by Gasteiger charge is 2.19. The molecule has 0 aromatic heterocycles. The molecule has 0 heterocycles. The van der Waals surface area contributed by atoms with Crippen molar-refractivity contribution in [2.75, 3.05) is 11.0 Å². The van der Waals surface area contributed by atoms with Crippen LogP contribution in [0.1, 0.15) is 33.4 Å². The third-order valence-corrected chi connectivity index (χ3v) is 5.91. The second-order valence-electron chi connectivity index (χ2n) is 7.69. The predicted molar refractivity (Wildman–Crippen MR) is 120 cm³/mol. The second-order valence-corrected chi connectivity index (χ2v) is 9.43. The van der Waals surface area contributed by atoms with Crippen LogP contribution in [-0.2, 0) is 22.9 Å². The van der Waals surface area contributed by atoms with Crippen LogP contribution < -0.4 is 4.72 Å². The Morgan fingerprint density at radius 3 is 1.97 bits per heavy atom. The average Bonchev–Trinajstić information content (AvgIpc) is 2.80. The van der Waals surface area contributed by atoms with Crippen LogP contribution in [-0.4, -0.2) is 24.9 Å². The lowest BCUT2D eigenvalue weighted by molar-refractivity contribution is 0.473. The van der Waals surface area contributed by atoms with E-state index in [4.69, 9.17) is 0 Å². The Morgan fingerprint density at radius 1 is 0.867 bits per heavy atom. The van der Waals surface area contributed by atoms with Crippen molar-refractivity contribution in [1.29, 1.82) is 0 Å². The van der Waals surface area contributed by atoms with E-state index in [1.807, 2.05) is 37.3 Å². The van der Waals surface area contributed by atoms with E-state index in [9.17, 15) is 18.6 Å². The van der Waals surface area contributed by atoms with Crippen molar-refractivity contribution in [2.45, 2.75) is 19.8 Å². The van der Waals surface area contributed by atoms with Gasteiger partial charge < -0.3 is 10.2 Å². The molecule has 0 aliphatic heterocycles. The number of benzene rings is 3. The van der Waals surface area contributed by atoms with Crippen LogP contribution in [0, 0.1) is 6.92 Å². The van der Waals surface area contributed by atoms with Crippen LogP contribution in [0.5, 0.6) is 11.5 Å². The number of aromatic hydroxyl groups is 2. The van der Waals surface area contributed by atoms with Gasteiger partial charge in [-0.15, -0.1) is 0 Å². The quantitative estimate of drug-likeness (QED) is 0.583. The number of fused-ring (bicyclic) bond motifs is 2. The SMILES string of the molecule is Cc1ccc(NS(C)(=O)=O)cc1C=C1c2ccc(O)cc2CCc2cc(O)ccc21. The van der Waals surface area contributed by atoms with Crippen LogP contribution >= 0.6 is 0 Å². The summed E-state index contributed by atoms with van der Waals surface area (Å²) in [4.78, 5) is 0. The number of hydrogen-bond acceptors (Lipinski definition) is 4. The Hall–Kier alpha value is -3.25. The Labute approximate surface area is 176 Å². The molecule has 1 aliphatic rings. The van der Waals surface area contributed by atoms with E-state index in [0.717, 1.165) is 58.1 Å². The van der Waals surface area contributed by atoms with Gasteiger partial charge in [0.15, 0.2) is 0 Å². The number of aryl methyl sites for hydroxylation is 3. The number of rotatable bonds is 3. The Kier molecular flexibility index (Phi) is 5.03. The van der Waals surface area contributed by atoms with Crippen molar-refractivity contribution >= 4 is 27.4 Å². The van der Waals surface area contributed by atoms with Crippen LogP contribution in [0.3, 0.4) is 0 Å². The molecule has 154 valence electrons. The molecule has 0 radical (unpaired) electrons. The van der Waals surface area contributed by atoms with Crippen LogP contribution in [0.25, 0.3) is 11.6 Å². The zero-order valence-corrected chi connectivity index (χ0v) is 17.6. The lowest BCUT2D eigenvalue weighted by atomic mass is 9.91. The van der Waals surface area contributed by atoms with E-state index in [0.29, 0.717) is 5.69 Å². The first kappa shape index (κ1) is 20.0. The van der Waals surface area contributed by atoms with E-state index >= 15 is 0 Å². The lowest BCUT2D eigenvalue weighted by Crippen LogP contribution is -2.09. The molecule has 4 rings (SSSR count). The molecular weight excluding hydrogens is 398 g/mol. The average molecular weight is 422 g/mol. The molecule has 0 unspecified atom stereocenters. The van der Waals surface area contributed by atoms with Gasteiger partial charge in [0.25, 0.3) is 0 Å². The van der Waals surface area contributed by atoms with E-state index in [2.05, 4.69) is 4.72 Å². The summed E-state index contributed by atoms with van der Waals surface area (Å²) < 4.78 is 25.8. The van der Waals surface area contributed by atoms with Crippen LogP contribution in [0.4, 0.5) is 5.69 Å². The van der Waals surface area contributed by atoms with E-state index in [1.54, 1.807) is 30.3 Å². The van der Waals surface area contributed by atoms with Gasteiger partial charge in [-0.3, -0.25) is 4.72 Å². The standard InChI is InChI=1S/C24H23NO4S/c1-15-3-6-19(25-30(2,28)29)11-18(15)14-24-22-9-7-20(26)12-16(22)4-5-17-13-21(27)8-10-23(17)24/h3,6-14,25-27H,4-5H2,1-2H3. The zero-order valence-electron chi connectivity index (χ0n) is 16.8. The third kappa shape index (κ3) is 4.19. The number of phenolic OH excluding ortho intramolecular Hbond substituents is 2. The summed E-state index contributed by atoms with van der Waals surface area (Å²) in [6, 6.07) is 16.2. The van der Waals surface area contributed by atoms with Crippen molar-refractivity contribution in [3.63, 3.8) is 0 Å². The molecule has 5 nitrogen and oxygen atoms in total. The molecule has 6 heteroatoms. The van der Waals surface area contributed by atoms with Gasteiger partial charge in [0.2, 0.25) is 10.0 Å². The van der Waals surface area contributed by atoms with Gasteiger partial charge in [-0.25, -0.2) is 8.42 Å². The molecule has 3 aromatic rings. The summed E-state index contributed by atoms with van der Waals surface area (Å²) in [6.07, 6.45) is 4.65. The van der Waals surface area contributed by atoms with Crippen molar-refractivity contribution in [1.82, 2.24) is 0 Å². The summed E-state index contributed by atoms with van der Waals surface area (Å²) in [7, 11) is -3.38. The highest BCUT2D eigenvalue weighted by molar-refractivity contribution is 7.92. The van der Waals surface area contributed by atoms with Gasteiger partial charge in [0.1, 0.15) is 11.5 Å². The maximum Gasteiger partial charge on any atom is 0.229 e. The van der Waals surface area contributed by atoms with Crippen molar-refractivity contribution in [2.24, 2.45) is 0 Å². The summed E-state index contributed by atoms with van der Waals surface area (Å²) in [5, 5.41) is 20.0. The molecule has 0 fully saturated rings. The number of sulfonamides is 1. The molecule has 0 spiro atoms. The molecule has 30 heavy (non-hydrogen) atoms. The minimum absolute atomic E-state index is 0.220. The topological polar surface area (TPSA) is 86.6 Å². The van der Waals surface area contributed by atoms with Crippen LogP contribution in [0.15, 0.2) is 54.6 Å². The first-order valence-corrected chi connectivity index (χ1v) is 11.5. The molecule has 3 aromatic carbocycles. The maximum atomic E-state index is 11.6. The van der Waals surface area contributed by atoms with Crippen LogP contribution in [0.2, 0.25) is 0 Å². The maximum absolute atomic E-state index is 11.6. The normalized spacial score (nSPS) is 13.2. The van der Waals surface area contributed by atoms with E-state index in [-0.39, 0.29) is 11.5 Å². The zero-order chi connectivity index (χ0) is 21.5. The highest BCUT2D eigenvalue weighted by Crippen LogP contribution is 2.38. The molecule has 0 saturated heterocycles. The number of hydrogen-bond donors (Lipinski definition) is 3. The molecular formula is C24H23NO4S. The van der Waals surface area contributed by atoms with Crippen molar-refractivity contribution < 1.29 is 18.6 Å². The highest BCUT2D eigenvalue weighted by atomic mass is 32.2. The fourth-order valence-corrected chi connectivity index (χ4v) is 4.45. The first-order valence-electron chi connectivity index (χ1n) is 9.64. The molecule has 3 N–H and O–H groups in total. The summed E-state index contributed by atoms with van der Waals surface area (Å²) in [5.41, 5.74) is 7.44. The predicted octanol–water partition coefficient (Wildman–Crippen LogP) is 4.47. The molecule has 0 bridgehead atoms. The fourth-order valence-electron chi connectivity index (χ4n) is 3.90. The van der Waals surface area contributed by atoms with Gasteiger partial charge in [0.05, 0.1) is 6.26 Å². The minimum Gasteiger partial charge on any atom is -0.508 e. The van der Waals surface area contributed by atoms with Gasteiger partial charge in [0, 0.05) is 5.69 Å². The number of anilines is 1. The largest absolute Gasteiger partial charge is 0.508 e. The molecule has 0 atom stereocenters. The summed E-state index contributed by atoms with van der Waals surface area (Å²) >= 11 is 0. The second kappa shape index (κ2) is 7.54.